The van der Waals surface area contributed by atoms with E-state index in [4.69, 9.17) is 16.3 Å². The summed E-state index contributed by atoms with van der Waals surface area (Å²) in [6.07, 6.45) is 3.16. The Balaban J connectivity index is 1.61. The Morgan fingerprint density at radius 3 is 2.39 bits per heavy atom. The lowest BCUT2D eigenvalue weighted by Crippen LogP contribution is -2.51. The molecule has 2 aromatic carbocycles. The molecule has 6 nitrogen and oxygen atoms in total. The molecule has 0 aromatic heterocycles. The summed E-state index contributed by atoms with van der Waals surface area (Å²) in [6, 6.07) is 11.1. The Kier molecular flexibility index (Phi) is 8.08. The summed E-state index contributed by atoms with van der Waals surface area (Å²) in [5.41, 5.74) is 1.92. The number of ether oxygens (including phenoxy) is 1. The molecule has 8 heteroatoms. The standard InChI is InChI=1S/C25H29BrClN3O3/c1-25(2,3)24(32)30-13-11-29(12-14-30)21-8-7-19(16-20(21)27)28-23(31)10-5-17-15-18(26)6-9-22(17)33-4/h5-10,15-16H,11-14H2,1-4H3,(H,28,31)/b10-5+. The highest BCUT2D eigenvalue weighted by molar-refractivity contribution is 9.10. The van der Waals surface area contributed by atoms with Gasteiger partial charge in [-0.05, 0) is 42.5 Å². The number of nitrogens with zero attached hydrogens (tertiary/aromatic N) is 2. The maximum atomic E-state index is 12.5. The summed E-state index contributed by atoms with van der Waals surface area (Å²) in [5, 5.41) is 3.40. The van der Waals surface area contributed by atoms with Crippen LogP contribution < -0.4 is 15.0 Å². The number of hydrogen-bond acceptors (Lipinski definition) is 4. The van der Waals surface area contributed by atoms with Gasteiger partial charge < -0.3 is 19.9 Å². The van der Waals surface area contributed by atoms with E-state index >= 15 is 0 Å². The Hall–Kier alpha value is -2.51. The van der Waals surface area contributed by atoms with E-state index in [1.165, 1.54) is 6.08 Å². The predicted molar refractivity (Wildman–Crippen MR) is 138 cm³/mol. The third-order valence-corrected chi connectivity index (χ3v) is 6.17. The highest BCUT2D eigenvalue weighted by atomic mass is 79.9. The van der Waals surface area contributed by atoms with Crippen LogP contribution in [0.2, 0.25) is 5.02 Å². The number of hydrogen-bond donors (Lipinski definition) is 1. The minimum atomic E-state index is -0.379. The van der Waals surface area contributed by atoms with Crippen molar-refractivity contribution < 1.29 is 14.3 Å². The van der Waals surface area contributed by atoms with Gasteiger partial charge in [0, 0.05) is 53.4 Å². The zero-order chi connectivity index (χ0) is 24.2. The molecule has 1 aliphatic heterocycles. The number of methoxy groups -OCH3 is 1. The molecule has 0 saturated carbocycles. The molecule has 1 heterocycles. The van der Waals surface area contributed by atoms with Crippen molar-refractivity contribution in [3.63, 3.8) is 0 Å². The van der Waals surface area contributed by atoms with Crippen LogP contribution in [0.3, 0.4) is 0 Å². The van der Waals surface area contributed by atoms with Crippen LogP contribution in [0, 0.1) is 5.41 Å². The van der Waals surface area contributed by atoms with Crippen molar-refractivity contribution in [2.24, 2.45) is 5.41 Å². The number of amides is 2. The number of anilines is 2. The van der Waals surface area contributed by atoms with Crippen LogP contribution in [0.25, 0.3) is 6.08 Å². The fourth-order valence-corrected chi connectivity index (χ4v) is 4.33. The molecular weight excluding hydrogens is 506 g/mol. The van der Waals surface area contributed by atoms with E-state index in [1.54, 1.807) is 19.3 Å². The third kappa shape index (κ3) is 6.51. The van der Waals surface area contributed by atoms with Gasteiger partial charge >= 0.3 is 0 Å². The summed E-state index contributed by atoms with van der Waals surface area (Å²) >= 11 is 9.96. The van der Waals surface area contributed by atoms with Gasteiger partial charge in [0.1, 0.15) is 5.75 Å². The lowest BCUT2D eigenvalue weighted by Gasteiger charge is -2.39. The predicted octanol–water partition coefficient (Wildman–Crippen LogP) is 5.46. The molecule has 176 valence electrons. The number of halogens is 2. The van der Waals surface area contributed by atoms with Gasteiger partial charge in [0.2, 0.25) is 11.8 Å². The van der Waals surface area contributed by atoms with Gasteiger partial charge in [-0.2, -0.15) is 0 Å². The average Bonchev–Trinajstić information content (AvgIpc) is 2.77. The van der Waals surface area contributed by atoms with Crippen LogP contribution in [0.5, 0.6) is 5.75 Å². The lowest BCUT2D eigenvalue weighted by atomic mass is 9.94. The van der Waals surface area contributed by atoms with E-state index < -0.39 is 0 Å². The summed E-state index contributed by atoms with van der Waals surface area (Å²) in [5.74, 6) is 0.578. The quantitative estimate of drug-likeness (QED) is 0.518. The molecular formula is C25H29BrClN3O3. The average molecular weight is 535 g/mol. The molecule has 1 aliphatic rings. The summed E-state index contributed by atoms with van der Waals surface area (Å²) in [7, 11) is 1.59. The van der Waals surface area contributed by atoms with Crippen molar-refractivity contribution in [2.45, 2.75) is 20.8 Å². The zero-order valence-corrected chi connectivity index (χ0v) is 21.7. The van der Waals surface area contributed by atoms with E-state index in [9.17, 15) is 9.59 Å². The summed E-state index contributed by atoms with van der Waals surface area (Å²) in [4.78, 5) is 29.0. The molecule has 1 N–H and O–H groups in total. The maximum Gasteiger partial charge on any atom is 0.248 e. The van der Waals surface area contributed by atoms with Crippen molar-refractivity contribution in [2.75, 3.05) is 43.5 Å². The van der Waals surface area contributed by atoms with E-state index in [1.807, 2.05) is 56.0 Å². The van der Waals surface area contributed by atoms with Crippen LogP contribution in [0.15, 0.2) is 46.9 Å². The fourth-order valence-electron chi connectivity index (χ4n) is 3.65. The van der Waals surface area contributed by atoms with E-state index in [2.05, 4.69) is 26.1 Å². The number of benzene rings is 2. The number of carbonyl (C=O) groups excluding carboxylic acids is 2. The van der Waals surface area contributed by atoms with Gasteiger partial charge in [0.05, 0.1) is 17.8 Å². The molecule has 2 amide bonds. The molecule has 0 bridgehead atoms. The molecule has 0 aliphatic carbocycles. The number of piperazine rings is 1. The Morgan fingerprint density at radius 1 is 1.09 bits per heavy atom. The monoisotopic (exact) mass is 533 g/mol. The smallest absolute Gasteiger partial charge is 0.248 e. The minimum Gasteiger partial charge on any atom is -0.496 e. The van der Waals surface area contributed by atoms with Crippen molar-refractivity contribution in [3.05, 3.63) is 57.5 Å². The first-order valence-corrected chi connectivity index (χ1v) is 11.9. The zero-order valence-electron chi connectivity index (χ0n) is 19.3. The van der Waals surface area contributed by atoms with Crippen LogP contribution >= 0.6 is 27.5 Å². The van der Waals surface area contributed by atoms with Crippen LogP contribution in [0.4, 0.5) is 11.4 Å². The van der Waals surface area contributed by atoms with Gasteiger partial charge in [-0.1, -0.05) is 48.3 Å². The largest absolute Gasteiger partial charge is 0.496 e. The van der Waals surface area contributed by atoms with Crippen LogP contribution in [-0.4, -0.2) is 50.0 Å². The lowest BCUT2D eigenvalue weighted by molar-refractivity contribution is -0.139. The minimum absolute atomic E-state index is 0.167. The van der Waals surface area contributed by atoms with Gasteiger partial charge in [0.15, 0.2) is 0 Å². The fraction of sp³-hybridized carbons (Fsp3) is 0.360. The molecule has 0 unspecified atom stereocenters. The number of carbonyl (C=O) groups is 2. The Labute approximate surface area is 208 Å². The van der Waals surface area contributed by atoms with Crippen molar-refractivity contribution in [1.82, 2.24) is 4.90 Å². The maximum absolute atomic E-state index is 12.5. The highest BCUT2D eigenvalue weighted by Gasteiger charge is 2.30. The van der Waals surface area contributed by atoms with Gasteiger partial charge in [-0.3, -0.25) is 9.59 Å². The summed E-state index contributed by atoms with van der Waals surface area (Å²) in [6.45, 7) is 8.57. The molecule has 0 radical (unpaired) electrons. The van der Waals surface area contributed by atoms with Crippen molar-refractivity contribution in [3.8, 4) is 5.75 Å². The first-order chi connectivity index (χ1) is 15.6. The summed E-state index contributed by atoms with van der Waals surface area (Å²) < 4.78 is 6.22. The van der Waals surface area contributed by atoms with E-state index in [0.717, 1.165) is 15.7 Å². The van der Waals surface area contributed by atoms with Crippen LogP contribution in [0.1, 0.15) is 26.3 Å². The number of rotatable bonds is 5. The van der Waals surface area contributed by atoms with Gasteiger partial charge in [0.25, 0.3) is 0 Å². The Morgan fingerprint density at radius 2 is 1.79 bits per heavy atom. The second kappa shape index (κ2) is 10.6. The second-order valence-corrected chi connectivity index (χ2v) is 10.2. The Bertz CT molecular complexity index is 1060. The molecule has 2 aromatic rings. The van der Waals surface area contributed by atoms with Gasteiger partial charge in [-0.15, -0.1) is 0 Å². The van der Waals surface area contributed by atoms with E-state index in [-0.39, 0.29) is 17.2 Å². The second-order valence-electron chi connectivity index (χ2n) is 8.90. The number of nitrogens with one attached hydrogen (secondary N) is 1. The molecule has 0 atom stereocenters. The topological polar surface area (TPSA) is 61.9 Å². The van der Waals surface area contributed by atoms with Crippen LogP contribution in [-0.2, 0) is 9.59 Å². The molecule has 3 rings (SSSR count). The molecule has 1 fully saturated rings. The van der Waals surface area contributed by atoms with Gasteiger partial charge in [-0.25, -0.2) is 0 Å². The first-order valence-electron chi connectivity index (χ1n) is 10.7. The molecule has 1 saturated heterocycles. The molecule has 0 spiro atoms. The van der Waals surface area contributed by atoms with E-state index in [0.29, 0.717) is 42.6 Å². The van der Waals surface area contributed by atoms with Crippen molar-refractivity contribution >= 4 is 56.8 Å². The molecule has 33 heavy (non-hydrogen) atoms. The van der Waals surface area contributed by atoms with Crippen molar-refractivity contribution in [1.29, 1.82) is 0 Å². The first kappa shape index (κ1) is 25.1. The highest BCUT2D eigenvalue weighted by Crippen LogP contribution is 2.30. The normalized spacial score (nSPS) is 14.5. The third-order valence-electron chi connectivity index (χ3n) is 5.37. The SMILES string of the molecule is COc1ccc(Br)cc1/C=C/C(=O)Nc1ccc(N2CCN(C(=O)C(C)(C)C)CC2)c(Cl)c1.